The molecule has 1 saturated heterocycles. The van der Waals surface area contributed by atoms with Gasteiger partial charge in [-0.25, -0.2) is 0 Å². The van der Waals surface area contributed by atoms with E-state index in [4.69, 9.17) is 4.18 Å². The number of rotatable bonds is 5. The van der Waals surface area contributed by atoms with Gasteiger partial charge in [0.05, 0.1) is 11.5 Å². The van der Waals surface area contributed by atoms with Crippen molar-refractivity contribution in [2.45, 2.75) is 17.2 Å². The first-order valence-corrected chi connectivity index (χ1v) is 9.65. The Labute approximate surface area is 144 Å². The van der Waals surface area contributed by atoms with Gasteiger partial charge < -0.3 is 4.90 Å². The molecule has 0 N–H and O–H groups in total. The summed E-state index contributed by atoms with van der Waals surface area (Å²) in [7, 11) is -1.63. The zero-order valence-electron chi connectivity index (χ0n) is 13.8. The average Bonchev–Trinajstić information content (AvgIpc) is 2.62. The molecule has 0 saturated carbocycles. The standard InChI is InChI=1S/C19H23NO3S/c1-20-13-12-19(16-8-4-2-5-9-16)17(14-20)15-23-24(21,22)18-10-6-3-7-11-18/h2-11,17,19H,12-15H2,1H3/t17-,19-/m1/s1. The molecule has 0 aromatic heterocycles. The highest BCUT2D eigenvalue weighted by Crippen LogP contribution is 2.33. The summed E-state index contributed by atoms with van der Waals surface area (Å²) in [6, 6.07) is 18.6. The second-order valence-electron chi connectivity index (χ2n) is 6.38. The predicted molar refractivity (Wildman–Crippen MR) is 94.4 cm³/mol. The number of piperidine rings is 1. The molecule has 0 aliphatic carbocycles. The maximum absolute atomic E-state index is 12.4. The van der Waals surface area contributed by atoms with E-state index in [9.17, 15) is 8.42 Å². The van der Waals surface area contributed by atoms with Crippen LogP contribution in [0.2, 0.25) is 0 Å². The third kappa shape index (κ3) is 4.04. The topological polar surface area (TPSA) is 46.6 Å². The highest BCUT2D eigenvalue weighted by atomic mass is 32.2. The molecule has 1 aliphatic heterocycles. The highest BCUT2D eigenvalue weighted by Gasteiger charge is 2.30. The molecule has 1 aliphatic rings. The Hall–Kier alpha value is -1.69. The number of likely N-dealkylation sites (tertiary alicyclic amines) is 1. The van der Waals surface area contributed by atoms with Crippen LogP contribution in [-0.4, -0.2) is 40.1 Å². The van der Waals surface area contributed by atoms with Crippen molar-refractivity contribution in [1.29, 1.82) is 0 Å². The Bertz CT molecular complexity index is 747. The molecule has 24 heavy (non-hydrogen) atoms. The van der Waals surface area contributed by atoms with Crippen molar-refractivity contribution in [2.24, 2.45) is 5.92 Å². The third-order valence-electron chi connectivity index (χ3n) is 4.63. The summed E-state index contributed by atoms with van der Waals surface area (Å²) < 4.78 is 30.1. The lowest BCUT2D eigenvalue weighted by Gasteiger charge is -2.36. The van der Waals surface area contributed by atoms with Crippen molar-refractivity contribution in [3.8, 4) is 0 Å². The van der Waals surface area contributed by atoms with Crippen molar-refractivity contribution in [2.75, 3.05) is 26.7 Å². The van der Waals surface area contributed by atoms with Crippen LogP contribution in [0.4, 0.5) is 0 Å². The molecule has 1 heterocycles. The van der Waals surface area contributed by atoms with E-state index in [1.165, 1.54) is 5.56 Å². The molecular weight excluding hydrogens is 322 g/mol. The average molecular weight is 345 g/mol. The Morgan fingerprint density at radius 2 is 1.67 bits per heavy atom. The largest absolute Gasteiger partial charge is 0.306 e. The molecule has 3 rings (SSSR count). The lowest BCUT2D eigenvalue weighted by atomic mass is 9.81. The normalized spacial score (nSPS) is 22.4. The molecule has 0 radical (unpaired) electrons. The van der Waals surface area contributed by atoms with Crippen LogP contribution in [0.25, 0.3) is 0 Å². The van der Waals surface area contributed by atoms with Gasteiger partial charge in [-0.15, -0.1) is 0 Å². The fourth-order valence-corrected chi connectivity index (χ4v) is 4.33. The molecule has 0 bridgehead atoms. The highest BCUT2D eigenvalue weighted by molar-refractivity contribution is 7.86. The van der Waals surface area contributed by atoms with Crippen LogP contribution in [0.3, 0.4) is 0 Å². The van der Waals surface area contributed by atoms with E-state index in [0.29, 0.717) is 5.92 Å². The quantitative estimate of drug-likeness (QED) is 0.781. The fraction of sp³-hybridized carbons (Fsp3) is 0.368. The summed E-state index contributed by atoms with van der Waals surface area (Å²) in [5.74, 6) is 0.484. The summed E-state index contributed by atoms with van der Waals surface area (Å²) >= 11 is 0. The van der Waals surface area contributed by atoms with Gasteiger partial charge in [-0.05, 0) is 43.6 Å². The molecule has 4 nitrogen and oxygen atoms in total. The van der Waals surface area contributed by atoms with Crippen LogP contribution in [0.15, 0.2) is 65.6 Å². The molecule has 5 heteroatoms. The molecule has 0 amide bonds. The third-order valence-corrected chi connectivity index (χ3v) is 5.93. The van der Waals surface area contributed by atoms with Crippen molar-refractivity contribution in [3.63, 3.8) is 0 Å². The Morgan fingerprint density at radius 1 is 1.04 bits per heavy atom. The molecule has 1 fully saturated rings. The lowest BCUT2D eigenvalue weighted by molar-refractivity contribution is 0.132. The van der Waals surface area contributed by atoms with Gasteiger partial charge in [-0.2, -0.15) is 8.42 Å². The van der Waals surface area contributed by atoms with Gasteiger partial charge >= 0.3 is 0 Å². The minimum Gasteiger partial charge on any atom is -0.306 e. The first kappa shape index (κ1) is 17.1. The van der Waals surface area contributed by atoms with Gasteiger partial charge in [0.25, 0.3) is 10.1 Å². The van der Waals surface area contributed by atoms with Crippen LogP contribution in [-0.2, 0) is 14.3 Å². The smallest absolute Gasteiger partial charge is 0.296 e. The first-order valence-electron chi connectivity index (χ1n) is 8.24. The Morgan fingerprint density at radius 3 is 2.33 bits per heavy atom. The van der Waals surface area contributed by atoms with E-state index in [1.54, 1.807) is 30.3 Å². The zero-order valence-corrected chi connectivity index (χ0v) is 14.7. The Balaban J connectivity index is 1.74. The first-order chi connectivity index (χ1) is 11.6. The monoisotopic (exact) mass is 345 g/mol. The number of hydrogen-bond donors (Lipinski definition) is 0. The SMILES string of the molecule is CN1CC[C@H](c2ccccc2)[C@@H](COS(=O)(=O)c2ccccc2)C1. The summed E-state index contributed by atoms with van der Waals surface area (Å²) in [6.45, 7) is 2.06. The second-order valence-corrected chi connectivity index (χ2v) is 8.00. The summed E-state index contributed by atoms with van der Waals surface area (Å²) in [6.07, 6.45) is 1.01. The second kappa shape index (κ2) is 7.47. The van der Waals surface area contributed by atoms with Gasteiger partial charge in [0.2, 0.25) is 0 Å². The van der Waals surface area contributed by atoms with E-state index in [1.807, 2.05) is 18.2 Å². The molecule has 0 unspecified atom stereocenters. The molecule has 2 atom stereocenters. The van der Waals surface area contributed by atoms with E-state index in [-0.39, 0.29) is 17.4 Å². The van der Waals surface area contributed by atoms with Crippen LogP contribution >= 0.6 is 0 Å². The van der Waals surface area contributed by atoms with Crippen LogP contribution in [0.1, 0.15) is 17.9 Å². The van der Waals surface area contributed by atoms with Crippen molar-refractivity contribution >= 4 is 10.1 Å². The van der Waals surface area contributed by atoms with Crippen LogP contribution < -0.4 is 0 Å². The fourth-order valence-electron chi connectivity index (χ4n) is 3.35. The maximum atomic E-state index is 12.4. The number of benzene rings is 2. The van der Waals surface area contributed by atoms with Crippen LogP contribution in [0.5, 0.6) is 0 Å². The van der Waals surface area contributed by atoms with Crippen molar-refractivity contribution in [3.05, 3.63) is 66.2 Å². The minimum atomic E-state index is -3.70. The molecular formula is C19H23NO3S. The lowest BCUT2D eigenvalue weighted by Crippen LogP contribution is -2.39. The number of nitrogens with zero attached hydrogens (tertiary/aromatic N) is 1. The summed E-state index contributed by atoms with van der Waals surface area (Å²) in [5.41, 5.74) is 1.26. The van der Waals surface area contributed by atoms with Gasteiger partial charge in [-0.1, -0.05) is 48.5 Å². The Kier molecular flexibility index (Phi) is 5.33. The van der Waals surface area contributed by atoms with E-state index < -0.39 is 10.1 Å². The molecule has 128 valence electrons. The zero-order chi connectivity index (χ0) is 17.0. The van der Waals surface area contributed by atoms with Gasteiger partial charge in [0.15, 0.2) is 0 Å². The molecule has 0 spiro atoms. The minimum absolute atomic E-state index is 0.157. The predicted octanol–water partition coefficient (Wildman–Crippen LogP) is 3.13. The van der Waals surface area contributed by atoms with Crippen molar-refractivity contribution in [1.82, 2.24) is 4.90 Å². The number of hydrogen-bond acceptors (Lipinski definition) is 4. The summed E-state index contributed by atoms with van der Waals surface area (Å²) in [4.78, 5) is 2.45. The summed E-state index contributed by atoms with van der Waals surface area (Å²) in [5, 5.41) is 0. The van der Waals surface area contributed by atoms with Gasteiger partial charge in [0, 0.05) is 12.5 Å². The van der Waals surface area contributed by atoms with Crippen molar-refractivity contribution < 1.29 is 12.6 Å². The van der Waals surface area contributed by atoms with E-state index in [2.05, 4.69) is 24.1 Å². The van der Waals surface area contributed by atoms with Gasteiger partial charge in [0.1, 0.15) is 0 Å². The van der Waals surface area contributed by atoms with E-state index in [0.717, 1.165) is 19.5 Å². The van der Waals surface area contributed by atoms with Crippen LogP contribution in [0, 0.1) is 5.92 Å². The van der Waals surface area contributed by atoms with E-state index >= 15 is 0 Å². The molecule has 2 aromatic carbocycles. The maximum Gasteiger partial charge on any atom is 0.296 e. The van der Waals surface area contributed by atoms with Gasteiger partial charge in [-0.3, -0.25) is 4.18 Å². The molecule has 2 aromatic rings.